The van der Waals surface area contributed by atoms with Gasteiger partial charge in [0.1, 0.15) is 0 Å². The first-order chi connectivity index (χ1) is 14.0. The van der Waals surface area contributed by atoms with Gasteiger partial charge in [0.2, 0.25) is 5.91 Å². The van der Waals surface area contributed by atoms with Gasteiger partial charge in [-0.15, -0.1) is 0 Å². The van der Waals surface area contributed by atoms with Crippen LogP contribution in [0.4, 0.5) is 0 Å². The van der Waals surface area contributed by atoms with Crippen molar-refractivity contribution in [1.29, 1.82) is 0 Å². The van der Waals surface area contributed by atoms with Crippen LogP contribution in [0.25, 0.3) is 0 Å². The largest absolute Gasteiger partial charge is 0.339 e. The van der Waals surface area contributed by atoms with Crippen LogP contribution in [0.1, 0.15) is 41.4 Å². The smallest absolute Gasteiger partial charge is 0.236 e. The van der Waals surface area contributed by atoms with E-state index in [-0.39, 0.29) is 5.91 Å². The van der Waals surface area contributed by atoms with Crippen molar-refractivity contribution in [3.63, 3.8) is 0 Å². The molecule has 2 fully saturated rings. The van der Waals surface area contributed by atoms with Gasteiger partial charge in [-0.3, -0.25) is 19.3 Å². The number of likely N-dealkylation sites (tertiary alicyclic amines) is 1. The van der Waals surface area contributed by atoms with Crippen molar-refractivity contribution in [2.24, 2.45) is 7.05 Å². The maximum Gasteiger partial charge on any atom is 0.236 e. The summed E-state index contributed by atoms with van der Waals surface area (Å²) in [6.45, 7) is 10.3. The molecule has 4 rings (SSSR count). The van der Waals surface area contributed by atoms with Crippen LogP contribution >= 0.6 is 0 Å². The molecule has 156 valence electrons. The number of carbonyl (C=O) groups is 1. The lowest BCUT2D eigenvalue weighted by Crippen LogP contribution is -2.50. The molecule has 2 saturated heterocycles. The van der Waals surface area contributed by atoms with Gasteiger partial charge in [-0.05, 0) is 38.8 Å². The van der Waals surface area contributed by atoms with E-state index in [9.17, 15) is 4.79 Å². The molecule has 1 aromatic carbocycles. The van der Waals surface area contributed by atoms with Gasteiger partial charge in [-0.25, -0.2) is 0 Å². The Morgan fingerprint density at radius 1 is 1.07 bits per heavy atom. The number of piperazine rings is 1. The molecule has 1 unspecified atom stereocenters. The number of carbonyl (C=O) groups excluding carboxylic acids is 1. The van der Waals surface area contributed by atoms with Crippen molar-refractivity contribution in [3.05, 3.63) is 52.8 Å². The van der Waals surface area contributed by atoms with Gasteiger partial charge < -0.3 is 4.90 Å². The third-order valence-corrected chi connectivity index (χ3v) is 6.57. The third kappa shape index (κ3) is 4.38. The van der Waals surface area contributed by atoms with Crippen LogP contribution in [0.5, 0.6) is 0 Å². The summed E-state index contributed by atoms with van der Waals surface area (Å²) in [5.41, 5.74) is 4.99. The highest BCUT2D eigenvalue weighted by Crippen LogP contribution is 2.35. The molecular formula is C23H33N5O. The summed E-state index contributed by atoms with van der Waals surface area (Å²) in [5, 5.41) is 4.59. The SMILES string of the molecule is Cc1nn(C)c(C)c1C1CCCN1CC(=O)N1CCN(Cc2ccccc2)CC1. The summed E-state index contributed by atoms with van der Waals surface area (Å²) >= 11 is 0. The second-order valence-corrected chi connectivity index (χ2v) is 8.48. The molecule has 1 atom stereocenters. The van der Waals surface area contributed by atoms with E-state index in [1.54, 1.807) is 0 Å². The lowest BCUT2D eigenvalue weighted by molar-refractivity contribution is -0.134. The van der Waals surface area contributed by atoms with Crippen LogP contribution < -0.4 is 0 Å². The Balaban J connectivity index is 1.32. The first-order valence-corrected chi connectivity index (χ1v) is 10.8. The van der Waals surface area contributed by atoms with E-state index in [1.165, 1.54) is 16.8 Å². The summed E-state index contributed by atoms with van der Waals surface area (Å²) in [6, 6.07) is 10.9. The highest BCUT2D eigenvalue weighted by atomic mass is 16.2. The van der Waals surface area contributed by atoms with Gasteiger partial charge >= 0.3 is 0 Å². The number of benzene rings is 1. The van der Waals surface area contributed by atoms with E-state index in [0.29, 0.717) is 12.6 Å². The van der Waals surface area contributed by atoms with Gasteiger partial charge in [-0.1, -0.05) is 30.3 Å². The van der Waals surface area contributed by atoms with Crippen LogP contribution in [0.3, 0.4) is 0 Å². The summed E-state index contributed by atoms with van der Waals surface area (Å²) in [4.78, 5) is 19.9. The van der Waals surface area contributed by atoms with Crippen LogP contribution in [-0.4, -0.2) is 69.7 Å². The molecule has 0 radical (unpaired) electrons. The highest BCUT2D eigenvalue weighted by Gasteiger charge is 2.33. The quantitative estimate of drug-likeness (QED) is 0.780. The average Bonchev–Trinajstić information content (AvgIpc) is 3.26. The Morgan fingerprint density at radius 3 is 2.45 bits per heavy atom. The zero-order valence-corrected chi connectivity index (χ0v) is 18.0. The van der Waals surface area contributed by atoms with Crippen LogP contribution in [0.2, 0.25) is 0 Å². The molecule has 29 heavy (non-hydrogen) atoms. The van der Waals surface area contributed by atoms with Crippen molar-refractivity contribution >= 4 is 5.91 Å². The Bertz CT molecular complexity index is 838. The molecule has 2 aromatic rings. The zero-order valence-electron chi connectivity index (χ0n) is 18.0. The maximum atomic E-state index is 13.0. The molecule has 2 aliphatic rings. The Labute approximate surface area is 174 Å². The highest BCUT2D eigenvalue weighted by molar-refractivity contribution is 5.78. The Kier molecular flexibility index (Phi) is 6.01. The van der Waals surface area contributed by atoms with E-state index in [2.05, 4.69) is 64.0 Å². The number of rotatable bonds is 5. The standard InChI is InChI=1S/C23H33N5O/c1-18-23(19(2)25(3)24-18)21-10-7-11-28(21)17-22(29)27-14-12-26(13-15-27)16-20-8-5-4-6-9-20/h4-6,8-9,21H,7,10-17H2,1-3H3. The molecule has 1 aromatic heterocycles. The van der Waals surface area contributed by atoms with Gasteiger partial charge in [0.15, 0.2) is 0 Å². The summed E-state index contributed by atoms with van der Waals surface area (Å²) in [7, 11) is 2.01. The van der Waals surface area contributed by atoms with Gasteiger partial charge in [0, 0.05) is 57.1 Å². The molecule has 3 heterocycles. The van der Waals surface area contributed by atoms with Crippen LogP contribution in [0.15, 0.2) is 30.3 Å². The molecule has 0 saturated carbocycles. The number of nitrogens with zero attached hydrogens (tertiary/aromatic N) is 5. The Morgan fingerprint density at radius 2 is 1.79 bits per heavy atom. The van der Waals surface area contributed by atoms with Crippen molar-refractivity contribution < 1.29 is 4.79 Å². The Hall–Kier alpha value is -2.18. The van der Waals surface area contributed by atoms with E-state index >= 15 is 0 Å². The van der Waals surface area contributed by atoms with E-state index in [4.69, 9.17) is 0 Å². The molecule has 6 heteroatoms. The fourth-order valence-electron chi connectivity index (χ4n) is 4.89. The van der Waals surface area contributed by atoms with Gasteiger partial charge in [0.05, 0.1) is 12.2 Å². The number of hydrogen-bond acceptors (Lipinski definition) is 4. The minimum Gasteiger partial charge on any atom is -0.339 e. The van der Waals surface area contributed by atoms with Crippen molar-refractivity contribution in [2.45, 2.75) is 39.3 Å². The van der Waals surface area contributed by atoms with Crippen LogP contribution in [-0.2, 0) is 18.4 Å². The minimum absolute atomic E-state index is 0.274. The summed E-state index contributed by atoms with van der Waals surface area (Å²) in [6.07, 6.45) is 2.27. The predicted molar refractivity (Wildman–Crippen MR) is 115 cm³/mol. The van der Waals surface area contributed by atoms with Crippen molar-refractivity contribution in [3.8, 4) is 0 Å². The normalized spacial score (nSPS) is 21.1. The topological polar surface area (TPSA) is 44.6 Å². The van der Waals surface area contributed by atoms with Gasteiger partial charge in [0.25, 0.3) is 0 Å². The number of hydrogen-bond donors (Lipinski definition) is 0. The zero-order chi connectivity index (χ0) is 20.4. The summed E-state index contributed by atoms with van der Waals surface area (Å²) in [5.74, 6) is 0.274. The van der Waals surface area contributed by atoms with Crippen LogP contribution in [0, 0.1) is 13.8 Å². The molecule has 0 N–H and O–H groups in total. The second-order valence-electron chi connectivity index (χ2n) is 8.48. The van der Waals surface area contributed by atoms with Crippen molar-refractivity contribution in [1.82, 2.24) is 24.5 Å². The number of amides is 1. The predicted octanol–water partition coefficient (Wildman–Crippen LogP) is 2.52. The lowest BCUT2D eigenvalue weighted by atomic mass is 10.0. The molecule has 1 amide bonds. The number of aryl methyl sites for hydroxylation is 2. The fourth-order valence-corrected chi connectivity index (χ4v) is 4.89. The first-order valence-electron chi connectivity index (χ1n) is 10.8. The summed E-state index contributed by atoms with van der Waals surface area (Å²) < 4.78 is 1.97. The third-order valence-electron chi connectivity index (χ3n) is 6.57. The second kappa shape index (κ2) is 8.67. The molecular weight excluding hydrogens is 362 g/mol. The fraction of sp³-hybridized carbons (Fsp3) is 0.565. The molecule has 6 nitrogen and oxygen atoms in total. The first kappa shape index (κ1) is 20.1. The average molecular weight is 396 g/mol. The van der Waals surface area contributed by atoms with E-state index < -0.39 is 0 Å². The molecule has 0 bridgehead atoms. The van der Waals surface area contributed by atoms with Crippen molar-refractivity contribution in [2.75, 3.05) is 39.3 Å². The van der Waals surface area contributed by atoms with E-state index in [0.717, 1.165) is 57.8 Å². The lowest BCUT2D eigenvalue weighted by Gasteiger charge is -2.36. The minimum atomic E-state index is 0.274. The van der Waals surface area contributed by atoms with Gasteiger partial charge in [-0.2, -0.15) is 5.10 Å². The molecule has 2 aliphatic heterocycles. The monoisotopic (exact) mass is 395 g/mol. The molecule has 0 spiro atoms. The molecule has 0 aliphatic carbocycles. The van der Waals surface area contributed by atoms with E-state index in [1.807, 2.05) is 11.7 Å². The maximum absolute atomic E-state index is 13.0. The number of aromatic nitrogens is 2.